The second kappa shape index (κ2) is 8.77. The minimum atomic E-state index is -0.728. The first-order valence-corrected chi connectivity index (χ1v) is 7.25. The summed E-state index contributed by atoms with van der Waals surface area (Å²) in [5.74, 6) is -0.225. The molecule has 0 aromatic rings. The second-order valence-corrected chi connectivity index (χ2v) is 6.38. The minimum absolute atomic E-state index is 0.0295. The third-order valence-corrected chi connectivity index (χ3v) is 3.45. The van der Waals surface area contributed by atoms with E-state index in [9.17, 15) is 14.4 Å². The maximum atomic E-state index is 12.5. The van der Waals surface area contributed by atoms with E-state index in [1.807, 2.05) is 27.8 Å². The van der Waals surface area contributed by atoms with Crippen molar-refractivity contribution in [1.82, 2.24) is 15.1 Å². The molecule has 0 saturated heterocycles. The molecule has 0 rings (SSSR count). The Kier molecular flexibility index (Phi) is 8.17. The average Bonchev–Trinajstić information content (AvgIpc) is 2.41. The van der Waals surface area contributed by atoms with Gasteiger partial charge in [-0.3, -0.25) is 14.4 Å². The molecule has 21 heavy (non-hydrogen) atoms. The van der Waals surface area contributed by atoms with Crippen LogP contribution >= 0.6 is 0 Å². The Morgan fingerprint density at radius 1 is 1.24 bits per heavy atom. The molecule has 1 atom stereocenters. The molecule has 0 aromatic carbocycles. The molecule has 0 heterocycles. The quantitative estimate of drug-likeness (QED) is 0.498. The molecule has 122 valence electrons. The summed E-state index contributed by atoms with van der Waals surface area (Å²) >= 11 is 0. The number of Topliss-reactive ketones (excluding diaryl/α,β-unsaturated/α-hetero) is 1. The van der Waals surface area contributed by atoms with Crippen molar-refractivity contribution >= 4 is 18.1 Å². The van der Waals surface area contributed by atoms with Gasteiger partial charge in [0.2, 0.25) is 12.3 Å². The summed E-state index contributed by atoms with van der Waals surface area (Å²) < 4.78 is 0. The van der Waals surface area contributed by atoms with Gasteiger partial charge in [0.25, 0.3) is 0 Å². The number of hydrogen-bond donors (Lipinski definition) is 1. The molecular formula is C15H29N3O3. The van der Waals surface area contributed by atoms with Crippen LogP contribution in [0.25, 0.3) is 0 Å². The van der Waals surface area contributed by atoms with E-state index in [0.717, 1.165) is 13.0 Å². The van der Waals surface area contributed by atoms with Crippen LogP contribution in [0.3, 0.4) is 0 Å². The molecule has 0 radical (unpaired) electrons. The van der Waals surface area contributed by atoms with E-state index in [2.05, 4.69) is 5.32 Å². The lowest BCUT2D eigenvalue weighted by atomic mass is 9.86. The van der Waals surface area contributed by atoms with Crippen molar-refractivity contribution < 1.29 is 14.4 Å². The molecule has 0 aliphatic carbocycles. The molecular weight excluding hydrogens is 270 g/mol. The Labute approximate surface area is 127 Å². The van der Waals surface area contributed by atoms with Gasteiger partial charge in [0, 0.05) is 32.5 Å². The zero-order valence-corrected chi connectivity index (χ0v) is 14.1. The maximum absolute atomic E-state index is 12.5. The highest BCUT2D eigenvalue weighted by atomic mass is 16.2. The molecule has 6 heteroatoms. The molecule has 1 N–H and O–H groups in total. The Morgan fingerprint density at radius 2 is 1.81 bits per heavy atom. The third kappa shape index (κ3) is 6.71. The number of likely N-dealkylation sites (N-methyl/N-ethyl adjacent to an activating group) is 2. The lowest BCUT2D eigenvalue weighted by molar-refractivity contribution is -0.142. The van der Waals surface area contributed by atoms with Gasteiger partial charge in [-0.25, -0.2) is 0 Å². The topological polar surface area (TPSA) is 69.7 Å². The number of rotatable bonds is 9. The van der Waals surface area contributed by atoms with Gasteiger partial charge in [0.15, 0.2) is 0 Å². The van der Waals surface area contributed by atoms with E-state index in [4.69, 9.17) is 0 Å². The van der Waals surface area contributed by atoms with Crippen LogP contribution in [-0.2, 0) is 14.4 Å². The fourth-order valence-corrected chi connectivity index (χ4v) is 1.82. The van der Waals surface area contributed by atoms with Gasteiger partial charge in [-0.15, -0.1) is 0 Å². The number of amides is 2. The summed E-state index contributed by atoms with van der Waals surface area (Å²) in [5, 5.41) is 3.02. The molecule has 2 amide bonds. The van der Waals surface area contributed by atoms with Gasteiger partial charge >= 0.3 is 0 Å². The van der Waals surface area contributed by atoms with Crippen molar-refractivity contribution in [3.8, 4) is 0 Å². The fourth-order valence-electron chi connectivity index (χ4n) is 1.82. The van der Waals surface area contributed by atoms with Gasteiger partial charge in [-0.1, -0.05) is 20.8 Å². The van der Waals surface area contributed by atoms with E-state index in [0.29, 0.717) is 13.0 Å². The lowest BCUT2D eigenvalue weighted by Crippen LogP contribution is -2.48. The average molecular weight is 299 g/mol. The molecule has 1 unspecified atom stereocenters. The van der Waals surface area contributed by atoms with Crippen LogP contribution in [-0.4, -0.2) is 68.2 Å². The van der Waals surface area contributed by atoms with Crippen LogP contribution in [0.1, 0.15) is 33.6 Å². The van der Waals surface area contributed by atoms with Gasteiger partial charge < -0.3 is 15.1 Å². The van der Waals surface area contributed by atoms with Crippen LogP contribution in [0.15, 0.2) is 0 Å². The Bertz CT molecular complexity index is 364. The smallest absolute Gasteiger partial charge is 0.245 e. The maximum Gasteiger partial charge on any atom is 0.245 e. The highest BCUT2D eigenvalue weighted by Gasteiger charge is 2.32. The monoisotopic (exact) mass is 299 g/mol. The number of nitrogens with one attached hydrogen (secondary N) is 1. The summed E-state index contributed by atoms with van der Waals surface area (Å²) in [6, 6.07) is -0.728. The molecule has 0 bridgehead atoms. The normalized spacial score (nSPS) is 12.7. The Hall–Kier alpha value is -1.43. The molecule has 0 aliphatic rings. The lowest BCUT2D eigenvalue weighted by Gasteiger charge is -2.30. The summed E-state index contributed by atoms with van der Waals surface area (Å²) in [6.07, 6.45) is 1.47. The highest BCUT2D eigenvalue weighted by Crippen LogP contribution is 2.19. The SMILES string of the molecule is CNCCCN(C)C(=O)C(CC(=O)C(C)(C)C)N(C)C=O. The summed E-state index contributed by atoms with van der Waals surface area (Å²) in [5.41, 5.74) is -0.521. The van der Waals surface area contributed by atoms with Crippen molar-refractivity contribution in [3.63, 3.8) is 0 Å². The van der Waals surface area contributed by atoms with E-state index >= 15 is 0 Å². The number of carbonyl (C=O) groups is 3. The molecule has 0 aliphatic heterocycles. The zero-order chi connectivity index (χ0) is 16.6. The summed E-state index contributed by atoms with van der Waals surface area (Å²) in [6.45, 7) is 6.84. The van der Waals surface area contributed by atoms with Crippen LogP contribution in [0, 0.1) is 5.41 Å². The predicted octanol–water partition coefficient (Wildman–Crippen LogP) is 0.516. The molecule has 0 saturated carbocycles. The van der Waals surface area contributed by atoms with E-state index in [1.54, 1.807) is 11.9 Å². The van der Waals surface area contributed by atoms with Crippen molar-refractivity contribution in [2.75, 3.05) is 34.2 Å². The first-order chi connectivity index (χ1) is 9.65. The standard InChI is InChI=1S/C15H29N3O3/c1-15(2,3)13(20)10-12(18(6)11-19)14(21)17(5)9-7-8-16-4/h11-12,16H,7-10H2,1-6H3. The van der Waals surface area contributed by atoms with Gasteiger partial charge in [-0.05, 0) is 20.0 Å². The second-order valence-electron chi connectivity index (χ2n) is 6.38. The molecule has 6 nitrogen and oxygen atoms in total. The molecule has 0 aromatic heterocycles. The fraction of sp³-hybridized carbons (Fsp3) is 0.800. The highest BCUT2D eigenvalue weighted by molar-refractivity contribution is 5.92. The number of nitrogens with zero attached hydrogens (tertiary/aromatic N) is 2. The summed E-state index contributed by atoms with van der Waals surface area (Å²) in [7, 11) is 5.09. The van der Waals surface area contributed by atoms with Crippen LogP contribution < -0.4 is 5.32 Å². The van der Waals surface area contributed by atoms with E-state index in [-0.39, 0.29) is 18.1 Å². The van der Waals surface area contributed by atoms with Gasteiger partial charge in [0.1, 0.15) is 11.8 Å². The minimum Gasteiger partial charge on any atom is -0.344 e. The number of carbonyl (C=O) groups excluding carboxylic acids is 3. The van der Waals surface area contributed by atoms with Crippen LogP contribution in [0.2, 0.25) is 0 Å². The van der Waals surface area contributed by atoms with Gasteiger partial charge in [-0.2, -0.15) is 0 Å². The Morgan fingerprint density at radius 3 is 2.24 bits per heavy atom. The van der Waals surface area contributed by atoms with Crippen LogP contribution in [0.4, 0.5) is 0 Å². The zero-order valence-electron chi connectivity index (χ0n) is 14.1. The van der Waals surface area contributed by atoms with Crippen molar-refractivity contribution in [1.29, 1.82) is 0 Å². The van der Waals surface area contributed by atoms with Crippen molar-refractivity contribution in [2.24, 2.45) is 5.41 Å². The largest absolute Gasteiger partial charge is 0.344 e. The predicted molar refractivity (Wildman–Crippen MR) is 82.9 cm³/mol. The van der Waals surface area contributed by atoms with Crippen molar-refractivity contribution in [2.45, 2.75) is 39.7 Å². The molecule has 0 spiro atoms. The van der Waals surface area contributed by atoms with Crippen molar-refractivity contribution in [3.05, 3.63) is 0 Å². The first-order valence-electron chi connectivity index (χ1n) is 7.25. The summed E-state index contributed by atoms with van der Waals surface area (Å²) in [4.78, 5) is 38.5. The van der Waals surface area contributed by atoms with Gasteiger partial charge in [0.05, 0.1) is 0 Å². The first kappa shape index (κ1) is 19.6. The van der Waals surface area contributed by atoms with E-state index in [1.165, 1.54) is 11.9 Å². The Balaban J connectivity index is 4.86. The number of ketones is 1. The van der Waals surface area contributed by atoms with Crippen LogP contribution in [0.5, 0.6) is 0 Å². The van der Waals surface area contributed by atoms with E-state index < -0.39 is 11.5 Å². The number of hydrogen-bond acceptors (Lipinski definition) is 4. The third-order valence-electron chi connectivity index (χ3n) is 3.45. The molecule has 0 fully saturated rings.